The van der Waals surface area contributed by atoms with Gasteiger partial charge in [0, 0.05) is 13.0 Å². The van der Waals surface area contributed by atoms with E-state index in [1.165, 1.54) is 0 Å². The zero-order valence-corrected chi connectivity index (χ0v) is 11.0. The third-order valence-electron chi connectivity index (χ3n) is 2.67. The van der Waals surface area contributed by atoms with E-state index in [2.05, 4.69) is 10.1 Å². The highest BCUT2D eigenvalue weighted by Gasteiger charge is 2.27. The molecule has 1 aliphatic rings. The molecule has 0 radical (unpaired) electrons. The molecular formula is C13H14F3NO4. The number of alkyl halides is 3. The van der Waals surface area contributed by atoms with Gasteiger partial charge in [-0.15, -0.1) is 0 Å². The summed E-state index contributed by atoms with van der Waals surface area (Å²) in [5.74, 6) is 0.871. The maximum absolute atomic E-state index is 11.8. The molecule has 1 heterocycles. The van der Waals surface area contributed by atoms with Crippen molar-refractivity contribution >= 4 is 5.91 Å². The van der Waals surface area contributed by atoms with Gasteiger partial charge in [0.05, 0.1) is 6.61 Å². The Kier molecular flexibility index (Phi) is 4.89. The topological polar surface area (TPSA) is 56.8 Å². The standard InChI is InChI=1S/C13H14F3NO4/c14-13(15,16)7-19-4-3-12(18)17-6-9-1-2-10-11(5-9)21-8-20-10/h1-2,5H,3-4,6-8H2,(H,17,18). The van der Waals surface area contributed by atoms with Crippen LogP contribution in [0.25, 0.3) is 0 Å². The zero-order chi connectivity index (χ0) is 15.3. The first kappa shape index (κ1) is 15.4. The number of rotatable bonds is 6. The molecule has 0 aliphatic carbocycles. The molecule has 1 N–H and O–H groups in total. The Morgan fingerprint density at radius 2 is 2.05 bits per heavy atom. The average Bonchev–Trinajstić information content (AvgIpc) is 2.87. The Labute approximate surface area is 119 Å². The number of amides is 1. The Morgan fingerprint density at radius 3 is 2.81 bits per heavy atom. The SMILES string of the molecule is O=C(CCOCC(F)(F)F)NCc1ccc2c(c1)OCO2. The first-order valence-corrected chi connectivity index (χ1v) is 6.24. The minimum atomic E-state index is -4.37. The summed E-state index contributed by atoms with van der Waals surface area (Å²) in [6.07, 6.45) is -4.50. The Hall–Kier alpha value is -1.96. The van der Waals surface area contributed by atoms with E-state index in [9.17, 15) is 18.0 Å². The van der Waals surface area contributed by atoms with Crippen LogP contribution in [0.4, 0.5) is 13.2 Å². The first-order chi connectivity index (χ1) is 9.94. The lowest BCUT2D eigenvalue weighted by atomic mass is 10.2. The second-order valence-electron chi connectivity index (χ2n) is 4.38. The number of carbonyl (C=O) groups excluding carboxylic acids is 1. The number of ether oxygens (including phenoxy) is 3. The maximum Gasteiger partial charge on any atom is 0.411 e. The van der Waals surface area contributed by atoms with Crippen LogP contribution in [0.15, 0.2) is 18.2 Å². The van der Waals surface area contributed by atoms with E-state index in [4.69, 9.17) is 9.47 Å². The fourth-order valence-electron chi connectivity index (χ4n) is 1.69. The van der Waals surface area contributed by atoms with E-state index in [1.807, 2.05) is 0 Å². The summed E-state index contributed by atoms with van der Waals surface area (Å²) in [6, 6.07) is 5.24. The molecule has 8 heteroatoms. The van der Waals surface area contributed by atoms with Crippen molar-refractivity contribution in [3.63, 3.8) is 0 Å². The van der Waals surface area contributed by atoms with E-state index >= 15 is 0 Å². The summed E-state index contributed by atoms with van der Waals surface area (Å²) in [6.45, 7) is -1.19. The highest BCUT2D eigenvalue weighted by Crippen LogP contribution is 2.32. The van der Waals surface area contributed by atoms with Crippen molar-refractivity contribution in [2.75, 3.05) is 20.0 Å². The molecular weight excluding hydrogens is 291 g/mol. The van der Waals surface area contributed by atoms with Crippen LogP contribution in [0.5, 0.6) is 11.5 Å². The lowest BCUT2D eigenvalue weighted by Crippen LogP contribution is -2.25. The van der Waals surface area contributed by atoms with Crippen LogP contribution in [0.1, 0.15) is 12.0 Å². The van der Waals surface area contributed by atoms with Crippen molar-refractivity contribution in [3.05, 3.63) is 23.8 Å². The monoisotopic (exact) mass is 305 g/mol. The van der Waals surface area contributed by atoms with E-state index in [1.54, 1.807) is 18.2 Å². The molecule has 0 bridgehead atoms. The van der Waals surface area contributed by atoms with E-state index in [0.29, 0.717) is 11.5 Å². The van der Waals surface area contributed by atoms with Gasteiger partial charge in [0.25, 0.3) is 0 Å². The first-order valence-electron chi connectivity index (χ1n) is 6.24. The summed E-state index contributed by atoms with van der Waals surface area (Å²) in [5, 5.41) is 2.59. The third-order valence-corrected chi connectivity index (χ3v) is 2.67. The van der Waals surface area contributed by atoms with Crippen molar-refractivity contribution in [3.8, 4) is 11.5 Å². The Bertz CT molecular complexity index is 505. The van der Waals surface area contributed by atoms with Crippen molar-refractivity contribution < 1.29 is 32.2 Å². The minimum absolute atomic E-state index is 0.124. The summed E-state index contributed by atoms with van der Waals surface area (Å²) in [4.78, 5) is 11.4. The second kappa shape index (κ2) is 6.66. The number of hydrogen-bond donors (Lipinski definition) is 1. The number of halogens is 3. The normalized spacial score (nSPS) is 13.3. The molecule has 5 nitrogen and oxygen atoms in total. The highest BCUT2D eigenvalue weighted by atomic mass is 19.4. The molecule has 116 valence electrons. The van der Waals surface area contributed by atoms with Gasteiger partial charge in [-0.25, -0.2) is 0 Å². The van der Waals surface area contributed by atoms with Crippen molar-refractivity contribution in [1.82, 2.24) is 5.32 Å². The Balaban J connectivity index is 1.67. The second-order valence-corrected chi connectivity index (χ2v) is 4.38. The molecule has 1 amide bonds. The highest BCUT2D eigenvalue weighted by molar-refractivity contribution is 5.75. The van der Waals surface area contributed by atoms with Crippen molar-refractivity contribution in [1.29, 1.82) is 0 Å². The molecule has 0 unspecified atom stereocenters. The molecule has 0 saturated heterocycles. The van der Waals surface area contributed by atoms with Crippen LogP contribution < -0.4 is 14.8 Å². The molecule has 1 aliphatic heterocycles. The third kappa shape index (κ3) is 5.14. The summed E-state index contributed by atoms with van der Waals surface area (Å²) in [5.41, 5.74) is 0.809. The van der Waals surface area contributed by atoms with E-state index in [-0.39, 0.29) is 32.3 Å². The van der Waals surface area contributed by atoms with Gasteiger partial charge in [0.2, 0.25) is 12.7 Å². The smallest absolute Gasteiger partial charge is 0.411 e. The molecule has 0 saturated carbocycles. The molecule has 1 aromatic rings. The molecule has 2 rings (SSSR count). The number of fused-ring (bicyclic) bond motifs is 1. The lowest BCUT2D eigenvalue weighted by molar-refractivity contribution is -0.174. The quantitative estimate of drug-likeness (QED) is 0.817. The van der Waals surface area contributed by atoms with Crippen molar-refractivity contribution in [2.45, 2.75) is 19.1 Å². The molecule has 0 spiro atoms. The molecule has 1 aromatic carbocycles. The number of nitrogens with one attached hydrogen (secondary N) is 1. The maximum atomic E-state index is 11.8. The van der Waals surface area contributed by atoms with Gasteiger partial charge in [-0.2, -0.15) is 13.2 Å². The number of benzene rings is 1. The Morgan fingerprint density at radius 1 is 1.29 bits per heavy atom. The van der Waals surface area contributed by atoms with Gasteiger partial charge in [-0.05, 0) is 17.7 Å². The summed E-state index contributed by atoms with van der Waals surface area (Å²) < 4.78 is 50.1. The molecule has 0 aromatic heterocycles. The van der Waals surface area contributed by atoms with Crippen LogP contribution in [-0.2, 0) is 16.1 Å². The van der Waals surface area contributed by atoms with Crippen LogP contribution in [0.3, 0.4) is 0 Å². The van der Waals surface area contributed by atoms with Gasteiger partial charge >= 0.3 is 6.18 Å². The zero-order valence-electron chi connectivity index (χ0n) is 11.0. The van der Waals surface area contributed by atoms with Crippen LogP contribution in [-0.4, -0.2) is 32.1 Å². The average molecular weight is 305 g/mol. The van der Waals surface area contributed by atoms with Crippen LogP contribution in [0.2, 0.25) is 0 Å². The number of carbonyl (C=O) groups is 1. The lowest BCUT2D eigenvalue weighted by Gasteiger charge is -2.08. The molecule has 0 atom stereocenters. The van der Waals surface area contributed by atoms with Gasteiger partial charge in [0.15, 0.2) is 11.5 Å². The summed E-state index contributed by atoms with van der Waals surface area (Å²) in [7, 11) is 0. The van der Waals surface area contributed by atoms with E-state index in [0.717, 1.165) is 5.56 Å². The van der Waals surface area contributed by atoms with Gasteiger partial charge < -0.3 is 19.5 Å². The molecule has 0 fully saturated rings. The number of hydrogen-bond acceptors (Lipinski definition) is 4. The predicted molar refractivity (Wildman–Crippen MR) is 65.9 cm³/mol. The van der Waals surface area contributed by atoms with E-state index < -0.39 is 12.8 Å². The minimum Gasteiger partial charge on any atom is -0.454 e. The summed E-state index contributed by atoms with van der Waals surface area (Å²) >= 11 is 0. The predicted octanol–water partition coefficient (Wildman–Crippen LogP) is 2.00. The van der Waals surface area contributed by atoms with Gasteiger partial charge in [-0.3, -0.25) is 4.79 Å². The molecule has 21 heavy (non-hydrogen) atoms. The largest absolute Gasteiger partial charge is 0.454 e. The van der Waals surface area contributed by atoms with Crippen LogP contribution in [0, 0.1) is 0 Å². The van der Waals surface area contributed by atoms with Gasteiger partial charge in [0.1, 0.15) is 6.61 Å². The van der Waals surface area contributed by atoms with Crippen molar-refractivity contribution in [2.24, 2.45) is 0 Å². The fourth-order valence-corrected chi connectivity index (χ4v) is 1.69. The van der Waals surface area contributed by atoms with Crippen LogP contribution >= 0.6 is 0 Å². The van der Waals surface area contributed by atoms with Gasteiger partial charge in [-0.1, -0.05) is 6.07 Å². The fraction of sp³-hybridized carbons (Fsp3) is 0.462.